The molecule has 0 aliphatic carbocycles. The molecular formula is C13H26N2O2. The van der Waals surface area contributed by atoms with Crippen LogP contribution in [0.15, 0.2) is 0 Å². The average molecular weight is 242 g/mol. The van der Waals surface area contributed by atoms with Crippen molar-refractivity contribution in [3.63, 3.8) is 0 Å². The molecule has 1 atom stereocenters. The topological polar surface area (TPSA) is 33.7 Å². The minimum Gasteiger partial charge on any atom is -0.379 e. The van der Waals surface area contributed by atoms with Crippen LogP contribution in [0, 0.1) is 0 Å². The molecule has 0 aromatic carbocycles. The summed E-state index contributed by atoms with van der Waals surface area (Å²) in [5, 5.41) is 3.50. The van der Waals surface area contributed by atoms with Crippen LogP contribution in [-0.4, -0.2) is 62.5 Å². The lowest BCUT2D eigenvalue weighted by atomic mass is 10.1. The van der Waals surface area contributed by atoms with E-state index >= 15 is 0 Å². The van der Waals surface area contributed by atoms with Gasteiger partial charge in [0.15, 0.2) is 0 Å². The van der Waals surface area contributed by atoms with Crippen molar-refractivity contribution in [3.05, 3.63) is 0 Å². The number of morpholine rings is 1. The fourth-order valence-electron chi connectivity index (χ4n) is 2.55. The first-order chi connectivity index (χ1) is 8.16. The van der Waals surface area contributed by atoms with Crippen LogP contribution in [0.5, 0.6) is 0 Å². The molecule has 2 rings (SSSR count). The maximum absolute atomic E-state index is 5.94. The van der Waals surface area contributed by atoms with Crippen LogP contribution in [0.2, 0.25) is 0 Å². The smallest absolute Gasteiger partial charge is 0.0707 e. The van der Waals surface area contributed by atoms with E-state index in [9.17, 15) is 0 Å². The minimum absolute atomic E-state index is 0.0938. The maximum Gasteiger partial charge on any atom is 0.0707 e. The number of ether oxygens (including phenoxy) is 2. The fourth-order valence-corrected chi connectivity index (χ4v) is 2.55. The fraction of sp³-hybridized carbons (Fsp3) is 1.00. The third kappa shape index (κ3) is 4.54. The van der Waals surface area contributed by atoms with E-state index in [4.69, 9.17) is 9.47 Å². The van der Waals surface area contributed by atoms with Crippen molar-refractivity contribution in [2.45, 2.75) is 38.4 Å². The lowest BCUT2D eigenvalue weighted by Crippen LogP contribution is -2.41. The van der Waals surface area contributed by atoms with Gasteiger partial charge in [-0.25, -0.2) is 0 Å². The summed E-state index contributed by atoms with van der Waals surface area (Å²) in [6.07, 6.45) is 2.79. The van der Waals surface area contributed by atoms with Crippen molar-refractivity contribution >= 4 is 0 Å². The van der Waals surface area contributed by atoms with Crippen LogP contribution in [0.3, 0.4) is 0 Å². The number of nitrogens with one attached hydrogen (secondary N) is 1. The summed E-state index contributed by atoms with van der Waals surface area (Å²) in [7, 11) is 0. The second-order valence-corrected chi connectivity index (χ2v) is 5.70. The third-order valence-corrected chi connectivity index (χ3v) is 3.63. The molecule has 2 saturated heterocycles. The minimum atomic E-state index is 0.0938. The van der Waals surface area contributed by atoms with Gasteiger partial charge in [-0.3, -0.25) is 4.90 Å². The van der Waals surface area contributed by atoms with Gasteiger partial charge < -0.3 is 14.8 Å². The van der Waals surface area contributed by atoms with Crippen LogP contribution in [0.1, 0.15) is 26.7 Å². The number of hydrogen-bond acceptors (Lipinski definition) is 4. The number of nitrogens with zero attached hydrogens (tertiary/aromatic N) is 1. The lowest BCUT2D eigenvalue weighted by molar-refractivity contribution is -0.0146. The molecule has 1 unspecified atom stereocenters. The first-order valence-electron chi connectivity index (χ1n) is 6.84. The Balaban J connectivity index is 1.51. The summed E-state index contributed by atoms with van der Waals surface area (Å²) in [6, 6.07) is 0. The van der Waals surface area contributed by atoms with E-state index < -0.39 is 0 Å². The SMILES string of the molecule is CC1(C)CCC(CNCCN2CCOCC2)O1. The molecule has 2 heterocycles. The molecule has 0 amide bonds. The van der Waals surface area contributed by atoms with Gasteiger partial charge in [0.05, 0.1) is 24.9 Å². The summed E-state index contributed by atoms with van der Waals surface area (Å²) in [5.74, 6) is 0. The van der Waals surface area contributed by atoms with E-state index in [2.05, 4.69) is 24.1 Å². The monoisotopic (exact) mass is 242 g/mol. The zero-order chi connectivity index (χ0) is 12.1. The molecule has 0 bridgehead atoms. The van der Waals surface area contributed by atoms with E-state index in [1.54, 1.807) is 0 Å². The van der Waals surface area contributed by atoms with Crippen molar-refractivity contribution in [1.82, 2.24) is 10.2 Å². The second-order valence-electron chi connectivity index (χ2n) is 5.70. The first kappa shape index (κ1) is 13.3. The summed E-state index contributed by atoms with van der Waals surface area (Å²) < 4.78 is 11.3. The van der Waals surface area contributed by atoms with E-state index in [-0.39, 0.29) is 5.60 Å². The summed E-state index contributed by atoms with van der Waals surface area (Å²) in [5.41, 5.74) is 0.0938. The average Bonchev–Trinajstić information content (AvgIpc) is 2.66. The van der Waals surface area contributed by atoms with Crippen molar-refractivity contribution in [2.75, 3.05) is 45.9 Å². The molecule has 100 valence electrons. The zero-order valence-electron chi connectivity index (χ0n) is 11.2. The Labute approximate surface area is 105 Å². The van der Waals surface area contributed by atoms with Crippen LogP contribution < -0.4 is 5.32 Å². The highest BCUT2D eigenvalue weighted by atomic mass is 16.5. The predicted molar refractivity (Wildman–Crippen MR) is 68.3 cm³/mol. The molecule has 0 aromatic heterocycles. The predicted octanol–water partition coefficient (Wildman–Crippen LogP) is 0.866. The molecule has 0 spiro atoms. The summed E-state index contributed by atoms with van der Waals surface area (Å²) >= 11 is 0. The van der Waals surface area contributed by atoms with Crippen LogP contribution in [0.4, 0.5) is 0 Å². The van der Waals surface area contributed by atoms with Gasteiger partial charge in [-0.05, 0) is 26.7 Å². The van der Waals surface area contributed by atoms with Crippen molar-refractivity contribution in [1.29, 1.82) is 0 Å². The maximum atomic E-state index is 5.94. The Morgan fingerprint density at radius 1 is 1.29 bits per heavy atom. The van der Waals surface area contributed by atoms with Gasteiger partial charge in [-0.2, -0.15) is 0 Å². The first-order valence-corrected chi connectivity index (χ1v) is 6.84. The van der Waals surface area contributed by atoms with Gasteiger partial charge in [0.25, 0.3) is 0 Å². The molecule has 2 aliphatic rings. The lowest BCUT2D eigenvalue weighted by Gasteiger charge is -2.26. The van der Waals surface area contributed by atoms with Crippen LogP contribution >= 0.6 is 0 Å². The van der Waals surface area contributed by atoms with Gasteiger partial charge in [0.1, 0.15) is 0 Å². The van der Waals surface area contributed by atoms with Crippen molar-refractivity contribution in [3.8, 4) is 0 Å². The van der Waals surface area contributed by atoms with E-state index in [0.29, 0.717) is 6.10 Å². The Kier molecular flexibility index (Phi) is 4.79. The molecule has 0 radical (unpaired) electrons. The van der Waals surface area contributed by atoms with Gasteiger partial charge in [0.2, 0.25) is 0 Å². The van der Waals surface area contributed by atoms with Crippen molar-refractivity contribution < 1.29 is 9.47 Å². The number of hydrogen-bond donors (Lipinski definition) is 1. The van der Waals surface area contributed by atoms with Crippen molar-refractivity contribution in [2.24, 2.45) is 0 Å². The Morgan fingerprint density at radius 3 is 2.71 bits per heavy atom. The van der Waals surface area contributed by atoms with Gasteiger partial charge in [-0.1, -0.05) is 0 Å². The molecule has 4 nitrogen and oxygen atoms in total. The molecule has 4 heteroatoms. The van der Waals surface area contributed by atoms with E-state index in [0.717, 1.165) is 45.9 Å². The zero-order valence-corrected chi connectivity index (χ0v) is 11.2. The van der Waals surface area contributed by atoms with E-state index in [1.807, 2.05) is 0 Å². The van der Waals surface area contributed by atoms with Gasteiger partial charge in [-0.15, -0.1) is 0 Å². The number of rotatable bonds is 5. The third-order valence-electron chi connectivity index (χ3n) is 3.63. The highest BCUT2D eigenvalue weighted by molar-refractivity contribution is 4.81. The Bertz CT molecular complexity index is 227. The normalized spacial score (nSPS) is 29.6. The molecule has 2 aliphatic heterocycles. The largest absolute Gasteiger partial charge is 0.379 e. The van der Waals surface area contributed by atoms with Gasteiger partial charge >= 0.3 is 0 Å². The quantitative estimate of drug-likeness (QED) is 0.725. The standard InChI is InChI=1S/C13H26N2O2/c1-13(2)4-3-12(17-13)11-14-5-6-15-7-9-16-10-8-15/h12,14H,3-11H2,1-2H3. The van der Waals surface area contributed by atoms with E-state index in [1.165, 1.54) is 12.8 Å². The van der Waals surface area contributed by atoms with Crippen LogP contribution in [0.25, 0.3) is 0 Å². The molecule has 17 heavy (non-hydrogen) atoms. The molecule has 0 aromatic rings. The van der Waals surface area contributed by atoms with Gasteiger partial charge in [0, 0.05) is 32.7 Å². The Morgan fingerprint density at radius 2 is 2.06 bits per heavy atom. The highest BCUT2D eigenvalue weighted by Crippen LogP contribution is 2.28. The second kappa shape index (κ2) is 6.14. The van der Waals surface area contributed by atoms with Crippen LogP contribution in [-0.2, 0) is 9.47 Å². The molecule has 1 N–H and O–H groups in total. The summed E-state index contributed by atoms with van der Waals surface area (Å²) in [4.78, 5) is 2.45. The molecular weight excluding hydrogens is 216 g/mol. The Hall–Kier alpha value is -0.160. The molecule has 2 fully saturated rings. The highest BCUT2D eigenvalue weighted by Gasteiger charge is 2.31. The molecule has 0 saturated carbocycles. The summed E-state index contributed by atoms with van der Waals surface area (Å²) in [6.45, 7) is 11.5.